The van der Waals surface area contributed by atoms with Gasteiger partial charge in [0.25, 0.3) is 0 Å². The second-order valence-electron chi connectivity index (χ2n) is 7.66. The number of nitrogens with one attached hydrogen (secondary N) is 1. The predicted octanol–water partition coefficient (Wildman–Crippen LogP) is 4.85. The summed E-state index contributed by atoms with van der Waals surface area (Å²) >= 11 is 1.57. The van der Waals surface area contributed by atoms with Crippen molar-refractivity contribution >= 4 is 35.0 Å². The summed E-state index contributed by atoms with van der Waals surface area (Å²) in [5, 5.41) is 2.80. The zero-order valence-electron chi connectivity index (χ0n) is 16.7. The minimum atomic E-state index is -0.476. The van der Waals surface area contributed by atoms with Gasteiger partial charge in [-0.25, -0.2) is 0 Å². The highest BCUT2D eigenvalue weighted by atomic mass is 32.2. The molecule has 1 atom stereocenters. The van der Waals surface area contributed by atoms with E-state index in [2.05, 4.69) is 5.32 Å². The summed E-state index contributed by atoms with van der Waals surface area (Å²) in [4.78, 5) is 26.8. The third-order valence-electron chi connectivity index (χ3n) is 4.40. The lowest BCUT2D eigenvalue weighted by molar-refractivity contribution is -0.123. The third kappa shape index (κ3) is 4.33. The van der Waals surface area contributed by atoms with Crippen LogP contribution in [0.5, 0.6) is 5.75 Å². The van der Waals surface area contributed by atoms with E-state index in [0.717, 1.165) is 16.9 Å². The van der Waals surface area contributed by atoms with Crippen molar-refractivity contribution in [2.45, 2.75) is 33.1 Å². The molecule has 1 heterocycles. The molecule has 3 rings (SSSR count). The number of amides is 2. The Morgan fingerprint density at radius 1 is 1.21 bits per heavy atom. The van der Waals surface area contributed by atoms with E-state index >= 15 is 0 Å². The Balaban J connectivity index is 1.92. The fraction of sp³-hybridized carbons (Fsp3) is 0.364. The quantitative estimate of drug-likeness (QED) is 0.782. The van der Waals surface area contributed by atoms with Crippen LogP contribution in [-0.4, -0.2) is 24.2 Å². The van der Waals surface area contributed by atoms with Crippen molar-refractivity contribution < 1.29 is 14.3 Å². The Labute approximate surface area is 170 Å². The number of anilines is 2. The predicted molar refractivity (Wildman–Crippen MR) is 115 cm³/mol. The molecule has 0 unspecified atom stereocenters. The van der Waals surface area contributed by atoms with Crippen LogP contribution in [0.2, 0.25) is 0 Å². The lowest BCUT2D eigenvalue weighted by Gasteiger charge is -2.26. The van der Waals surface area contributed by atoms with E-state index in [4.69, 9.17) is 4.74 Å². The highest BCUT2D eigenvalue weighted by molar-refractivity contribution is 8.00. The molecule has 2 amide bonds. The first-order chi connectivity index (χ1) is 13.3. The van der Waals surface area contributed by atoms with Gasteiger partial charge in [-0.15, -0.1) is 11.8 Å². The molecule has 5 nitrogen and oxygen atoms in total. The van der Waals surface area contributed by atoms with Crippen LogP contribution in [0.1, 0.15) is 38.6 Å². The van der Waals surface area contributed by atoms with Crippen molar-refractivity contribution in [3.05, 3.63) is 54.1 Å². The number of nitrogens with zero attached hydrogens (tertiary/aromatic N) is 1. The first kappa shape index (κ1) is 20.3. The second-order valence-corrected chi connectivity index (χ2v) is 8.73. The molecule has 1 fully saturated rings. The SMILES string of the molecule is CCOc1ccccc1N1C(=O)CS[C@H]1c1cccc(NC(=O)C(C)(C)C)c1. The van der Waals surface area contributed by atoms with Crippen LogP contribution in [0.3, 0.4) is 0 Å². The van der Waals surface area contributed by atoms with Gasteiger partial charge in [0.1, 0.15) is 11.1 Å². The minimum Gasteiger partial charge on any atom is -0.492 e. The Morgan fingerprint density at radius 3 is 2.68 bits per heavy atom. The molecule has 1 aliphatic heterocycles. The Morgan fingerprint density at radius 2 is 1.96 bits per heavy atom. The van der Waals surface area contributed by atoms with Crippen molar-refractivity contribution in [3.8, 4) is 5.75 Å². The summed E-state index contributed by atoms with van der Waals surface area (Å²) in [6, 6.07) is 15.3. The van der Waals surface area contributed by atoms with Gasteiger partial charge in [-0.05, 0) is 36.8 Å². The molecule has 0 aromatic heterocycles. The maximum Gasteiger partial charge on any atom is 0.238 e. The molecule has 0 bridgehead atoms. The van der Waals surface area contributed by atoms with Crippen molar-refractivity contribution in [2.24, 2.45) is 5.41 Å². The first-order valence-electron chi connectivity index (χ1n) is 9.38. The third-order valence-corrected chi connectivity index (χ3v) is 5.62. The van der Waals surface area contributed by atoms with Crippen LogP contribution < -0.4 is 15.0 Å². The summed E-state index contributed by atoms with van der Waals surface area (Å²) in [6.07, 6.45) is 0. The van der Waals surface area contributed by atoms with Gasteiger partial charge in [0.05, 0.1) is 18.0 Å². The number of hydrogen-bond donors (Lipinski definition) is 1. The summed E-state index contributed by atoms with van der Waals surface area (Å²) < 4.78 is 5.74. The number of carbonyl (C=O) groups excluding carboxylic acids is 2. The maximum atomic E-state index is 12.7. The molecule has 0 spiro atoms. The Kier molecular flexibility index (Phi) is 5.98. The van der Waals surface area contributed by atoms with E-state index in [1.807, 2.05) is 76.2 Å². The monoisotopic (exact) mass is 398 g/mol. The average molecular weight is 399 g/mol. The van der Waals surface area contributed by atoms with Gasteiger partial charge < -0.3 is 10.1 Å². The van der Waals surface area contributed by atoms with E-state index in [1.54, 1.807) is 16.7 Å². The molecule has 0 saturated carbocycles. The van der Waals surface area contributed by atoms with Gasteiger partial charge in [-0.1, -0.05) is 45.0 Å². The fourth-order valence-corrected chi connectivity index (χ4v) is 4.11. The number of thioether (sulfide) groups is 1. The molecule has 1 N–H and O–H groups in total. The average Bonchev–Trinajstić information content (AvgIpc) is 3.03. The topological polar surface area (TPSA) is 58.6 Å². The maximum absolute atomic E-state index is 12.7. The second kappa shape index (κ2) is 8.27. The van der Waals surface area contributed by atoms with E-state index in [-0.39, 0.29) is 17.2 Å². The molecule has 28 heavy (non-hydrogen) atoms. The summed E-state index contributed by atoms with van der Waals surface area (Å²) in [5.74, 6) is 1.11. The van der Waals surface area contributed by atoms with E-state index in [9.17, 15) is 9.59 Å². The lowest BCUT2D eigenvalue weighted by atomic mass is 9.95. The van der Waals surface area contributed by atoms with Gasteiger partial charge in [-0.2, -0.15) is 0 Å². The number of carbonyl (C=O) groups is 2. The number of ether oxygens (including phenoxy) is 1. The molecule has 1 aliphatic rings. The number of rotatable bonds is 5. The summed E-state index contributed by atoms with van der Waals surface area (Å²) in [5.41, 5.74) is 1.99. The van der Waals surface area contributed by atoms with E-state index < -0.39 is 5.41 Å². The highest BCUT2D eigenvalue weighted by Gasteiger charge is 2.35. The molecule has 148 valence electrons. The van der Waals surface area contributed by atoms with Crippen LogP contribution in [0, 0.1) is 5.41 Å². The van der Waals surface area contributed by atoms with Crippen LogP contribution in [0.15, 0.2) is 48.5 Å². The lowest BCUT2D eigenvalue weighted by Crippen LogP contribution is -2.29. The first-order valence-corrected chi connectivity index (χ1v) is 10.4. The van der Waals surface area contributed by atoms with Crippen LogP contribution >= 0.6 is 11.8 Å². The van der Waals surface area contributed by atoms with Gasteiger partial charge in [0.2, 0.25) is 11.8 Å². The van der Waals surface area contributed by atoms with Gasteiger partial charge >= 0.3 is 0 Å². The fourth-order valence-electron chi connectivity index (χ4n) is 2.95. The zero-order chi connectivity index (χ0) is 20.3. The molecule has 0 aliphatic carbocycles. The minimum absolute atomic E-state index is 0.0432. The van der Waals surface area contributed by atoms with Gasteiger partial charge in [0, 0.05) is 11.1 Å². The smallest absolute Gasteiger partial charge is 0.238 e. The van der Waals surface area contributed by atoms with Crippen LogP contribution in [-0.2, 0) is 9.59 Å². The molecule has 6 heteroatoms. The molecule has 2 aromatic rings. The van der Waals surface area contributed by atoms with Crippen LogP contribution in [0.25, 0.3) is 0 Å². The molecular formula is C22H26N2O3S. The van der Waals surface area contributed by atoms with Crippen LogP contribution in [0.4, 0.5) is 11.4 Å². The normalized spacial score (nSPS) is 16.9. The van der Waals surface area contributed by atoms with Crippen molar-refractivity contribution in [1.29, 1.82) is 0 Å². The van der Waals surface area contributed by atoms with Gasteiger partial charge in [0.15, 0.2) is 0 Å². The Hall–Kier alpha value is -2.47. The molecule has 0 radical (unpaired) electrons. The van der Waals surface area contributed by atoms with Crippen molar-refractivity contribution in [1.82, 2.24) is 0 Å². The van der Waals surface area contributed by atoms with Crippen molar-refractivity contribution in [3.63, 3.8) is 0 Å². The summed E-state index contributed by atoms with van der Waals surface area (Å²) in [7, 11) is 0. The molecule has 1 saturated heterocycles. The number of benzene rings is 2. The number of para-hydroxylation sites is 2. The largest absolute Gasteiger partial charge is 0.492 e. The molecular weight excluding hydrogens is 372 g/mol. The highest BCUT2D eigenvalue weighted by Crippen LogP contribution is 2.45. The summed E-state index contributed by atoms with van der Waals surface area (Å²) in [6.45, 7) is 8.10. The zero-order valence-corrected chi connectivity index (χ0v) is 17.5. The Bertz CT molecular complexity index is 876. The van der Waals surface area contributed by atoms with Gasteiger partial charge in [-0.3, -0.25) is 14.5 Å². The standard InChI is InChI=1S/C22H26N2O3S/c1-5-27-18-12-7-6-11-17(18)24-19(25)14-28-20(24)15-9-8-10-16(13-15)23-21(26)22(2,3)4/h6-13,20H,5,14H2,1-4H3,(H,23,26)/t20-/m0/s1. The molecule has 2 aromatic carbocycles. The van der Waals surface area contributed by atoms with E-state index in [1.165, 1.54) is 0 Å². The van der Waals surface area contributed by atoms with E-state index in [0.29, 0.717) is 18.1 Å². The van der Waals surface area contributed by atoms with Crippen molar-refractivity contribution in [2.75, 3.05) is 22.6 Å². The number of hydrogen-bond acceptors (Lipinski definition) is 4.